The number of methoxy groups -OCH3 is 1. The topological polar surface area (TPSA) is 72.9 Å². The Morgan fingerprint density at radius 1 is 0.913 bits per heavy atom. The van der Waals surface area contributed by atoms with Gasteiger partial charge in [0.25, 0.3) is 5.78 Å². The number of nitrogens with zero attached hydrogens (tertiary/aromatic N) is 1. The Hall–Kier alpha value is -3.15. The van der Waals surface area contributed by atoms with Crippen molar-refractivity contribution < 1.29 is 24.0 Å². The third-order valence-corrected chi connectivity index (χ3v) is 2.94. The molecular formula is C17H15NO5. The van der Waals surface area contributed by atoms with E-state index in [0.717, 1.165) is 6.92 Å². The van der Waals surface area contributed by atoms with Gasteiger partial charge in [-0.25, -0.2) is 4.79 Å². The SMILES string of the molecule is COc1ccc(C(=O)C(=O)N(OC(C)=O)c2ccccc2)cc1. The molecular weight excluding hydrogens is 298 g/mol. The molecule has 0 radical (unpaired) electrons. The first-order chi connectivity index (χ1) is 11.0. The lowest BCUT2D eigenvalue weighted by molar-refractivity contribution is -0.147. The summed E-state index contributed by atoms with van der Waals surface area (Å²) in [6, 6.07) is 14.3. The van der Waals surface area contributed by atoms with Gasteiger partial charge >= 0.3 is 11.9 Å². The van der Waals surface area contributed by atoms with Gasteiger partial charge in [-0.1, -0.05) is 18.2 Å². The zero-order valence-corrected chi connectivity index (χ0v) is 12.7. The molecule has 0 aliphatic carbocycles. The predicted octanol–water partition coefficient (Wildman–Crippen LogP) is 2.39. The van der Waals surface area contributed by atoms with Crippen molar-refractivity contribution in [3.8, 4) is 5.75 Å². The largest absolute Gasteiger partial charge is 0.497 e. The second-order valence-electron chi connectivity index (χ2n) is 4.58. The van der Waals surface area contributed by atoms with Crippen LogP contribution < -0.4 is 9.80 Å². The van der Waals surface area contributed by atoms with Crippen LogP contribution in [-0.2, 0) is 14.4 Å². The van der Waals surface area contributed by atoms with Crippen molar-refractivity contribution in [3.05, 3.63) is 60.2 Å². The molecule has 0 N–H and O–H groups in total. The van der Waals surface area contributed by atoms with Crippen molar-refractivity contribution in [1.82, 2.24) is 0 Å². The highest BCUT2D eigenvalue weighted by molar-refractivity contribution is 6.46. The maximum atomic E-state index is 12.4. The van der Waals surface area contributed by atoms with E-state index in [-0.39, 0.29) is 11.3 Å². The number of carbonyl (C=O) groups is 3. The molecule has 0 heterocycles. The molecule has 6 nitrogen and oxygen atoms in total. The van der Waals surface area contributed by atoms with E-state index >= 15 is 0 Å². The number of Topliss-reactive ketones (excluding diaryl/α,β-unsaturated/α-hetero) is 1. The lowest BCUT2D eigenvalue weighted by atomic mass is 10.1. The molecule has 0 saturated carbocycles. The van der Waals surface area contributed by atoms with Crippen LogP contribution in [0.5, 0.6) is 5.75 Å². The molecule has 0 aromatic heterocycles. The van der Waals surface area contributed by atoms with Gasteiger partial charge in [-0.15, -0.1) is 5.06 Å². The Kier molecular flexibility index (Phi) is 5.09. The molecule has 0 bridgehead atoms. The Bertz CT molecular complexity index is 710. The van der Waals surface area contributed by atoms with Gasteiger partial charge in [-0.3, -0.25) is 9.59 Å². The molecule has 0 unspecified atom stereocenters. The van der Waals surface area contributed by atoms with Crippen molar-refractivity contribution in [2.75, 3.05) is 12.2 Å². The van der Waals surface area contributed by atoms with Crippen molar-refractivity contribution in [2.24, 2.45) is 0 Å². The Labute approximate surface area is 133 Å². The van der Waals surface area contributed by atoms with Gasteiger partial charge in [-0.05, 0) is 36.4 Å². The average molecular weight is 313 g/mol. The van der Waals surface area contributed by atoms with Crippen LogP contribution in [0.25, 0.3) is 0 Å². The van der Waals surface area contributed by atoms with Crippen LogP contribution in [0.4, 0.5) is 5.69 Å². The smallest absolute Gasteiger partial charge is 0.332 e. The van der Waals surface area contributed by atoms with Gasteiger partial charge in [0.1, 0.15) is 5.75 Å². The number of ketones is 1. The van der Waals surface area contributed by atoms with E-state index < -0.39 is 17.7 Å². The highest BCUT2D eigenvalue weighted by atomic mass is 16.7. The van der Waals surface area contributed by atoms with Gasteiger partial charge in [0, 0.05) is 12.5 Å². The third kappa shape index (κ3) is 3.94. The van der Waals surface area contributed by atoms with Crippen LogP contribution >= 0.6 is 0 Å². The van der Waals surface area contributed by atoms with Crippen LogP contribution in [0.3, 0.4) is 0 Å². The molecule has 0 spiro atoms. The van der Waals surface area contributed by atoms with Gasteiger partial charge in [-0.2, -0.15) is 0 Å². The zero-order valence-electron chi connectivity index (χ0n) is 12.7. The molecule has 0 fully saturated rings. The monoisotopic (exact) mass is 313 g/mol. The molecule has 23 heavy (non-hydrogen) atoms. The van der Waals surface area contributed by atoms with Gasteiger partial charge in [0.05, 0.1) is 12.8 Å². The number of rotatable bonds is 4. The van der Waals surface area contributed by atoms with Gasteiger partial charge in [0.15, 0.2) is 0 Å². The van der Waals surface area contributed by atoms with E-state index in [2.05, 4.69) is 0 Å². The third-order valence-electron chi connectivity index (χ3n) is 2.94. The number of amides is 1. The van der Waals surface area contributed by atoms with Crippen molar-refractivity contribution in [1.29, 1.82) is 0 Å². The molecule has 0 aliphatic rings. The predicted molar refractivity (Wildman–Crippen MR) is 83.0 cm³/mol. The number of para-hydroxylation sites is 1. The van der Waals surface area contributed by atoms with Crippen LogP contribution in [0.2, 0.25) is 0 Å². The fraction of sp³-hybridized carbons (Fsp3) is 0.118. The fourth-order valence-corrected chi connectivity index (χ4v) is 1.86. The van der Waals surface area contributed by atoms with Crippen molar-refractivity contribution >= 4 is 23.3 Å². The van der Waals surface area contributed by atoms with Gasteiger partial charge < -0.3 is 9.57 Å². The molecule has 0 aliphatic heterocycles. The molecule has 2 aromatic carbocycles. The normalized spacial score (nSPS) is 9.83. The van der Waals surface area contributed by atoms with Crippen molar-refractivity contribution in [2.45, 2.75) is 6.92 Å². The average Bonchev–Trinajstić information content (AvgIpc) is 2.59. The van der Waals surface area contributed by atoms with Crippen molar-refractivity contribution in [3.63, 3.8) is 0 Å². The van der Waals surface area contributed by atoms with Crippen LogP contribution in [0.1, 0.15) is 17.3 Å². The number of anilines is 1. The first-order valence-electron chi connectivity index (χ1n) is 6.79. The number of ether oxygens (including phenoxy) is 1. The summed E-state index contributed by atoms with van der Waals surface area (Å²) in [4.78, 5) is 40.8. The summed E-state index contributed by atoms with van der Waals surface area (Å²) in [5.41, 5.74) is 0.457. The second-order valence-corrected chi connectivity index (χ2v) is 4.58. The summed E-state index contributed by atoms with van der Waals surface area (Å²) in [6.07, 6.45) is 0. The van der Waals surface area contributed by atoms with E-state index in [1.807, 2.05) is 0 Å². The van der Waals surface area contributed by atoms with E-state index in [4.69, 9.17) is 9.57 Å². The standard InChI is InChI=1S/C17H15NO5/c1-12(19)23-18(14-6-4-3-5-7-14)17(21)16(20)13-8-10-15(22-2)11-9-13/h3-11H,1-2H3. The Balaban J connectivity index is 2.28. The summed E-state index contributed by atoms with van der Waals surface area (Å²) < 4.78 is 5.00. The quantitative estimate of drug-likeness (QED) is 0.492. The summed E-state index contributed by atoms with van der Waals surface area (Å²) in [5.74, 6) is -1.90. The minimum absolute atomic E-state index is 0.170. The number of hydrogen-bond donors (Lipinski definition) is 0. The number of benzene rings is 2. The molecule has 6 heteroatoms. The summed E-state index contributed by atoms with van der Waals surface area (Å²) in [5, 5.41) is 0.689. The van der Waals surface area contributed by atoms with Gasteiger partial charge in [0.2, 0.25) is 0 Å². The molecule has 0 atom stereocenters. The van der Waals surface area contributed by atoms with Crippen LogP contribution in [0.15, 0.2) is 54.6 Å². The Morgan fingerprint density at radius 3 is 2.04 bits per heavy atom. The van der Waals surface area contributed by atoms with E-state index in [9.17, 15) is 14.4 Å². The fourth-order valence-electron chi connectivity index (χ4n) is 1.86. The first-order valence-corrected chi connectivity index (χ1v) is 6.79. The molecule has 1 amide bonds. The summed E-state index contributed by atoms with van der Waals surface area (Å²) >= 11 is 0. The summed E-state index contributed by atoms with van der Waals surface area (Å²) in [7, 11) is 1.50. The lowest BCUT2D eigenvalue weighted by Gasteiger charge is -2.19. The van der Waals surface area contributed by atoms with E-state index in [1.165, 1.54) is 19.2 Å². The highest BCUT2D eigenvalue weighted by Crippen LogP contribution is 2.17. The second kappa shape index (κ2) is 7.22. The van der Waals surface area contributed by atoms with Crippen LogP contribution in [0, 0.1) is 0 Å². The number of carbonyl (C=O) groups excluding carboxylic acids is 3. The van der Waals surface area contributed by atoms with E-state index in [0.29, 0.717) is 10.8 Å². The Morgan fingerprint density at radius 2 is 1.52 bits per heavy atom. The minimum atomic E-state index is -0.962. The highest BCUT2D eigenvalue weighted by Gasteiger charge is 2.27. The molecule has 0 saturated heterocycles. The molecule has 2 aromatic rings. The number of hydrogen-bond acceptors (Lipinski definition) is 5. The maximum absolute atomic E-state index is 12.4. The maximum Gasteiger partial charge on any atom is 0.332 e. The lowest BCUT2D eigenvalue weighted by Crippen LogP contribution is -2.38. The molecule has 118 valence electrons. The zero-order chi connectivity index (χ0) is 16.8. The van der Waals surface area contributed by atoms with Crippen LogP contribution in [-0.4, -0.2) is 24.8 Å². The minimum Gasteiger partial charge on any atom is -0.497 e. The van der Waals surface area contributed by atoms with E-state index in [1.54, 1.807) is 42.5 Å². The first kappa shape index (κ1) is 16.2. The molecule has 2 rings (SSSR count). The summed E-state index contributed by atoms with van der Waals surface area (Å²) in [6.45, 7) is 1.15. The number of hydroxylamine groups is 1.